The number of hydrogen-bond donors (Lipinski definition) is 15. The van der Waals surface area contributed by atoms with Crippen LogP contribution in [0, 0.1) is 5.92 Å². The number of amides is 11. The number of carboxylic acids is 1. The highest BCUT2D eigenvalue weighted by atomic mass is 33.1. The van der Waals surface area contributed by atoms with Crippen molar-refractivity contribution in [3.05, 3.63) is 29.8 Å². The standard InChI is InChI=1S/C43H67N15O12S2.C2HF3O2/c1-3-21(2)34-41(69)53-26(12-13-31(45)60)37(65)55-28(17-32(46)61)38(66)56-29(20-72-71-19-24(44)35(63)54-27(39(67)57-34)16-22-8-10-23(59)11-9-22)42(70)58-15-5-7-30(58)40(68)52-25(6-4-14-50-43(48)49)36(64)51-18-33(47)62;3-2(4,5)1(6)7/h8-11,21,24-30,34,59H,3-7,12-20,44H2,1-2H3,(H2,45,60)(H2,46,61)(H2,47,62)(H,51,64)(H,52,68)(H,53,69)(H,54,63)(H,55,65)(H,56,66)(H,57,67)(H4,48,49,50);(H,6,7)/t21-,24-,25-,26-,27-,28-,29-,30-,34-;/m0./s1. The molecule has 3 rings (SSSR count). The molecule has 79 heavy (non-hydrogen) atoms. The molecule has 0 saturated carbocycles. The van der Waals surface area contributed by atoms with Gasteiger partial charge in [-0.1, -0.05) is 54.0 Å². The molecule has 21 N–H and O–H groups in total. The number of carbonyl (C=O) groups excluding carboxylic acids is 11. The summed E-state index contributed by atoms with van der Waals surface area (Å²) in [7, 11) is 2.00. The number of aliphatic carboxylic acids is 1. The molecule has 34 heteroatoms. The maximum absolute atomic E-state index is 14.5. The van der Waals surface area contributed by atoms with Crippen LogP contribution < -0.4 is 71.6 Å². The van der Waals surface area contributed by atoms with Gasteiger partial charge < -0.3 is 86.7 Å². The van der Waals surface area contributed by atoms with Gasteiger partial charge in [-0.2, -0.15) is 13.2 Å². The number of nitrogens with one attached hydrogen (secondary N) is 7. The van der Waals surface area contributed by atoms with Crippen LogP contribution in [-0.4, -0.2) is 178 Å². The highest BCUT2D eigenvalue weighted by Gasteiger charge is 2.41. The van der Waals surface area contributed by atoms with E-state index in [0.29, 0.717) is 18.4 Å². The van der Waals surface area contributed by atoms with E-state index in [-0.39, 0.29) is 62.0 Å². The predicted molar refractivity (Wildman–Crippen MR) is 279 cm³/mol. The number of carbonyl (C=O) groups is 12. The quantitative estimate of drug-likeness (QED) is 0.0267. The number of halogens is 3. The second kappa shape index (κ2) is 33.0. The molecule has 29 nitrogen and oxygen atoms in total. The van der Waals surface area contributed by atoms with Crippen molar-refractivity contribution in [2.24, 2.45) is 45.3 Å². The van der Waals surface area contributed by atoms with E-state index in [2.05, 4.69) is 42.2 Å². The van der Waals surface area contributed by atoms with Crippen LogP contribution in [0.5, 0.6) is 5.75 Å². The summed E-state index contributed by atoms with van der Waals surface area (Å²) in [6.45, 7) is 2.95. The van der Waals surface area contributed by atoms with Crippen molar-refractivity contribution in [2.45, 2.75) is 126 Å². The van der Waals surface area contributed by atoms with Crippen LogP contribution in [0.3, 0.4) is 0 Å². The van der Waals surface area contributed by atoms with Gasteiger partial charge in [-0.15, -0.1) is 0 Å². The summed E-state index contributed by atoms with van der Waals surface area (Å²) >= 11 is 0. The average molecular weight is 1160 g/mol. The van der Waals surface area contributed by atoms with Gasteiger partial charge in [0.1, 0.15) is 48.0 Å². The zero-order valence-corrected chi connectivity index (χ0v) is 44.6. The van der Waals surface area contributed by atoms with E-state index in [4.69, 9.17) is 44.3 Å². The maximum atomic E-state index is 14.5. The first kappa shape index (κ1) is 67.5. The molecule has 0 bridgehead atoms. The van der Waals surface area contributed by atoms with Crippen LogP contribution in [-0.2, 0) is 64.0 Å². The first-order valence-corrected chi connectivity index (χ1v) is 26.8. The molecule has 0 aromatic heterocycles. The fraction of sp³-hybridized carbons (Fsp3) is 0.578. The van der Waals surface area contributed by atoms with E-state index < -0.39 is 157 Å². The van der Waals surface area contributed by atoms with Crippen LogP contribution >= 0.6 is 21.6 Å². The van der Waals surface area contributed by atoms with Gasteiger partial charge in [-0.3, -0.25) is 57.7 Å². The van der Waals surface area contributed by atoms with E-state index in [1.807, 2.05) is 0 Å². The highest BCUT2D eigenvalue weighted by Crippen LogP contribution is 2.26. The number of phenols is 1. The number of rotatable bonds is 19. The van der Waals surface area contributed by atoms with Crippen LogP contribution in [0.2, 0.25) is 0 Å². The lowest BCUT2D eigenvalue weighted by Gasteiger charge is -2.31. The third-order valence-corrected chi connectivity index (χ3v) is 14.2. The Balaban J connectivity index is 0.00000284. The van der Waals surface area contributed by atoms with Gasteiger partial charge in [0.2, 0.25) is 65.0 Å². The van der Waals surface area contributed by atoms with Crippen LogP contribution in [0.15, 0.2) is 29.3 Å². The van der Waals surface area contributed by atoms with Gasteiger partial charge in [0.05, 0.1) is 19.0 Å². The summed E-state index contributed by atoms with van der Waals surface area (Å²) < 4.78 is 31.7. The number of hydrogen-bond acceptors (Lipinski definition) is 17. The second-order valence-electron chi connectivity index (χ2n) is 18.0. The molecule has 0 unspecified atom stereocenters. The molecule has 2 heterocycles. The number of likely N-dealkylation sites (tertiary alicyclic amines) is 1. The monoisotopic (exact) mass is 1160 g/mol. The first-order valence-electron chi connectivity index (χ1n) is 24.3. The number of alkyl halides is 3. The van der Waals surface area contributed by atoms with Crippen molar-refractivity contribution in [1.82, 2.24) is 42.1 Å². The van der Waals surface area contributed by atoms with Crippen LogP contribution in [0.1, 0.15) is 70.8 Å². The van der Waals surface area contributed by atoms with Gasteiger partial charge in [0.25, 0.3) is 0 Å². The Kier molecular flexibility index (Phi) is 28.2. The number of guanidine groups is 1. The van der Waals surface area contributed by atoms with E-state index in [9.17, 15) is 71.0 Å². The fourth-order valence-corrected chi connectivity index (χ4v) is 9.69. The van der Waals surface area contributed by atoms with Crippen molar-refractivity contribution >= 4 is 98.5 Å². The minimum Gasteiger partial charge on any atom is -0.508 e. The third kappa shape index (κ3) is 24.3. The Morgan fingerprint density at radius 3 is 1.96 bits per heavy atom. The number of aliphatic imine (C=N–C) groups is 1. The minimum atomic E-state index is -5.08. The number of primary amides is 3. The van der Waals surface area contributed by atoms with Crippen LogP contribution in [0.25, 0.3) is 0 Å². The van der Waals surface area contributed by atoms with Crippen molar-refractivity contribution in [1.29, 1.82) is 0 Å². The summed E-state index contributed by atoms with van der Waals surface area (Å²) in [6.07, 6.45) is -5.90. The Morgan fingerprint density at radius 2 is 1.39 bits per heavy atom. The lowest BCUT2D eigenvalue weighted by Crippen LogP contribution is -2.61. The summed E-state index contributed by atoms with van der Waals surface area (Å²) in [4.78, 5) is 161. The second-order valence-corrected chi connectivity index (χ2v) is 20.6. The highest BCUT2D eigenvalue weighted by molar-refractivity contribution is 8.76. The third-order valence-electron chi connectivity index (χ3n) is 11.8. The number of benzene rings is 1. The Morgan fingerprint density at radius 1 is 0.810 bits per heavy atom. The Hall–Kier alpha value is -7.62. The van der Waals surface area contributed by atoms with Crippen molar-refractivity contribution < 1.29 is 80.9 Å². The smallest absolute Gasteiger partial charge is 0.490 e. The summed E-state index contributed by atoms with van der Waals surface area (Å²) in [5, 5.41) is 34.7. The van der Waals surface area contributed by atoms with Gasteiger partial charge >= 0.3 is 12.1 Å². The van der Waals surface area contributed by atoms with E-state index in [1.165, 1.54) is 29.2 Å². The number of aromatic hydroxyl groups is 1. The largest absolute Gasteiger partial charge is 0.508 e. The Bertz CT molecular complexity index is 2390. The van der Waals surface area contributed by atoms with Crippen molar-refractivity contribution in [2.75, 3.05) is 31.1 Å². The van der Waals surface area contributed by atoms with E-state index in [1.54, 1.807) is 13.8 Å². The summed E-state index contributed by atoms with van der Waals surface area (Å²) in [5.41, 5.74) is 33.7. The maximum Gasteiger partial charge on any atom is 0.490 e. The van der Waals surface area contributed by atoms with E-state index in [0.717, 1.165) is 21.6 Å². The topological polar surface area (TPSA) is 501 Å². The SMILES string of the molecule is CC[C@H](C)[C@@H]1NC(=O)[C@H](Cc2ccc(O)cc2)NC(=O)[C@@H](N)CSSC[C@@H](C(=O)N2CCC[C@H]2C(=O)N[C@@H](CCCN=C(N)N)C(=O)NCC(N)=O)NC(=O)[C@H](CC(N)=O)NC(=O)[C@H](CCC(N)=O)NC1=O.O=C(O)C(F)(F)F. The molecular formula is C45H68F3N15O14S2. The number of carboxylic acid groups (broad SMARTS) is 1. The summed E-state index contributed by atoms with van der Waals surface area (Å²) in [5.74, 6) is -13.7. The molecule has 0 radical (unpaired) electrons. The Labute approximate surface area is 458 Å². The molecule has 1 aromatic carbocycles. The van der Waals surface area contributed by atoms with Gasteiger partial charge in [-0.05, 0) is 55.7 Å². The normalized spacial score (nSPS) is 22.5. The average Bonchev–Trinajstić information content (AvgIpc) is 3.88. The lowest BCUT2D eigenvalue weighted by molar-refractivity contribution is -0.192. The number of nitrogens with two attached hydrogens (primary N) is 6. The molecular weight excluding hydrogens is 1100 g/mol. The fourth-order valence-electron chi connectivity index (χ4n) is 7.41. The molecule has 1 aromatic rings. The predicted octanol–water partition coefficient (Wildman–Crippen LogP) is -4.97. The lowest BCUT2D eigenvalue weighted by atomic mass is 9.96. The van der Waals surface area contributed by atoms with E-state index >= 15 is 0 Å². The zero-order valence-electron chi connectivity index (χ0n) is 43.0. The molecule has 0 aliphatic carbocycles. The minimum absolute atomic E-state index is 0.00520. The molecule has 2 aliphatic heterocycles. The molecule has 11 amide bonds. The summed E-state index contributed by atoms with van der Waals surface area (Å²) in [6, 6.07) is -5.40. The zero-order chi connectivity index (χ0) is 59.7. The number of nitrogens with zero attached hydrogens (tertiary/aromatic N) is 2. The van der Waals surface area contributed by atoms with Gasteiger partial charge in [0, 0.05) is 37.4 Å². The van der Waals surface area contributed by atoms with Gasteiger partial charge in [0.15, 0.2) is 5.96 Å². The van der Waals surface area contributed by atoms with Crippen molar-refractivity contribution in [3.63, 3.8) is 0 Å². The number of phenolic OH excluding ortho intramolecular Hbond substituents is 1. The molecule has 2 fully saturated rings. The van der Waals surface area contributed by atoms with Crippen LogP contribution in [0.4, 0.5) is 13.2 Å². The molecule has 0 spiro atoms. The molecule has 2 aliphatic rings. The van der Waals surface area contributed by atoms with Gasteiger partial charge in [-0.25, -0.2) is 4.79 Å². The molecule has 9 atom stereocenters. The molecule has 440 valence electrons. The molecule has 2 saturated heterocycles. The first-order chi connectivity index (χ1) is 36.9. The van der Waals surface area contributed by atoms with Crippen molar-refractivity contribution in [3.8, 4) is 5.75 Å².